The van der Waals surface area contributed by atoms with Gasteiger partial charge in [-0.05, 0) is 24.7 Å². The maximum Gasteiger partial charge on any atom is 0.226 e. The molecule has 3 nitrogen and oxygen atoms in total. The maximum absolute atomic E-state index is 12.2. The smallest absolute Gasteiger partial charge is 0.226 e. The van der Waals surface area contributed by atoms with E-state index in [1.165, 1.54) is 0 Å². The number of carbonyl (C=O) groups excluding carboxylic acids is 2. The zero-order valence-corrected chi connectivity index (χ0v) is 13.9. The van der Waals surface area contributed by atoms with Gasteiger partial charge in [-0.25, -0.2) is 0 Å². The number of hydrogen-bond donors (Lipinski definition) is 0. The first-order valence-corrected chi connectivity index (χ1v) is 8.07. The van der Waals surface area contributed by atoms with E-state index in [-0.39, 0.29) is 17.7 Å². The zero-order valence-electron chi connectivity index (χ0n) is 13.9. The van der Waals surface area contributed by atoms with E-state index in [0.717, 1.165) is 25.7 Å². The molecule has 1 amide bonds. The third-order valence-corrected chi connectivity index (χ3v) is 3.90. The van der Waals surface area contributed by atoms with Crippen molar-refractivity contribution in [3.8, 4) is 0 Å². The molecule has 2 bridgehead atoms. The lowest BCUT2D eigenvalue weighted by Crippen LogP contribution is -2.39. The van der Waals surface area contributed by atoms with Crippen LogP contribution in [0, 0.1) is 23.7 Å². The summed E-state index contributed by atoms with van der Waals surface area (Å²) < 4.78 is 0. The lowest BCUT2D eigenvalue weighted by molar-refractivity contribution is -0.138. The van der Waals surface area contributed by atoms with Crippen molar-refractivity contribution in [2.24, 2.45) is 23.7 Å². The number of amides is 1. The second-order valence-electron chi connectivity index (χ2n) is 4.95. The molecule has 2 rings (SSSR count). The van der Waals surface area contributed by atoms with Crippen LogP contribution in [0.1, 0.15) is 47.5 Å². The highest BCUT2D eigenvalue weighted by Gasteiger charge is 2.48. The summed E-state index contributed by atoms with van der Waals surface area (Å²) >= 11 is 0. The van der Waals surface area contributed by atoms with E-state index in [1.807, 2.05) is 34.7 Å². The van der Waals surface area contributed by atoms with Crippen molar-refractivity contribution in [3.05, 3.63) is 12.2 Å². The van der Waals surface area contributed by atoms with Gasteiger partial charge in [-0.1, -0.05) is 46.8 Å². The monoisotopic (exact) mass is 281 g/mol. The molecule has 0 aromatic heterocycles. The zero-order chi connectivity index (χ0) is 15.7. The van der Waals surface area contributed by atoms with Gasteiger partial charge in [0.05, 0.1) is 5.92 Å². The van der Waals surface area contributed by atoms with Crippen LogP contribution in [-0.2, 0) is 9.59 Å². The molecule has 0 N–H and O–H groups in total. The predicted molar refractivity (Wildman–Crippen MR) is 84.4 cm³/mol. The van der Waals surface area contributed by atoms with Gasteiger partial charge in [-0.15, -0.1) is 0 Å². The SMILES string of the molecule is CC.CC.CCCN(C)C(=O)C1C2C=CC(C2)C1C=O. The third-order valence-electron chi connectivity index (χ3n) is 3.90. The van der Waals surface area contributed by atoms with Gasteiger partial charge in [-0.3, -0.25) is 4.79 Å². The van der Waals surface area contributed by atoms with E-state index in [0.29, 0.717) is 11.8 Å². The van der Waals surface area contributed by atoms with Gasteiger partial charge >= 0.3 is 0 Å². The van der Waals surface area contributed by atoms with Crippen molar-refractivity contribution in [1.29, 1.82) is 0 Å². The number of rotatable bonds is 4. The first-order valence-electron chi connectivity index (χ1n) is 8.07. The Labute approximate surface area is 124 Å². The van der Waals surface area contributed by atoms with E-state index in [4.69, 9.17) is 0 Å². The normalized spacial score (nSPS) is 28.9. The minimum Gasteiger partial charge on any atom is -0.345 e. The van der Waals surface area contributed by atoms with Gasteiger partial charge in [0.15, 0.2) is 0 Å². The number of aldehydes is 1. The standard InChI is InChI=1S/C13H19NO2.2C2H6/c1-3-6-14(2)13(16)12-10-5-4-9(7-10)11(12)8-15;2*1-2/h4-5,8-12H,3,6-7H2,1-2H3;2*1-2H3. The van der Waals surface area contributed by atoms with Gasteiger partial charge < -0.3 is 9.69 Å². The van der Waals surface area contributed by atoms with Gasteiger partial charge in [0.2, 0.25) is 5.91 Å². The minimum atomic E-state index is -0.0935. The molecule has 4 atom stereocenters. The fraction of sp³-hybridized carbons (Fsp3) is 0.765. The van der Waals surface area contributed by atoms with Crippen LogP contribution in [-0.4, -0.2) is 30.7 Å². The largest absolute Gasteiger partial charge is 0.345 e. The molecule has 0 aromatic rings. The van der Waals surface area contributed by atoms with Gasteiger partial charge in [0, 0.05) is 19.5 Å². The summed E-state index contributed by atoms with van der Waals surface area (Å²) in [5, 5.41) is 0. The first-order chi connectivity index (χ1) is 9.69. The van der Waals surface area contributed by atoms with Crippen LogP contribution in [0.25, 0.3) is 0 Å². The van der Waals surface area contributed by atoms with Crippen molar-refractivity contribution in [2.45, 2.75) is 47.5 Å². The number of allylic oxidation sites excluding steroid dienone is 2. The Hall–Kier alpha value is -1.12. The van der Waals surface area contributed by atoms with E-state index < -0.39 is 0 Å². The van der Waals surface area contributed by atoms with E-state index in [2.05, 4.69) is 19.1 Å². The van der Waals surface area contributed by atoms with Crippen molar-refractivity contribution in [1.82, 2.24) is 4.90 Å². The van der Waals surface area contributed by atoms with E-state index >= 15 is 0 Å². The summed E-state index contributed by atoms with van der Waals surface area (Å²) in [6.07, 6.45) is 7.15. The van der Waals surface area contributed by atoms with Crippen LogP contribution >= 0.6 is 0 Å². The first kappa shape index (κ1) is 18.9. The highest BCUT2D eigenvalue weighted by Crippen LogP contribution is 2.47. The van der Waals surface area contributed by atoms with Crippen molar-refractivity contribution < 1.29 is 9.59 Å². The molecule has 0 saturated heterocycles. The highest BCUT2D eigenvalue weighted by atomic mass is 16.2. The average molecular weight is 281 g/mol. The van der Waals surface area contributed by atoms with E-state index in [1.54, 1.807) is 4.90 Å². The maximum atomic E-state index is 12.2. The highest BCUT2D eigenvalue weighted by molar-refractivity contribution is 5.83. The summed E-state index contributed by atoms with van der Waals surface area (Å²) in [5.41, 5.74) is 0. The Morgan fingerprint density at radius 2 is 1.75 bits per heavy atom. The average Bonchev–Trinajstić information content (AvgIpc) is 3.11. The Morgan fingerprint density at radius 1 is 1.20 bits per heavy atom. The quantitative estimate of drug-likeness (QED) is 0.584. The molecule has 1 saturated carbocycles. The van der Waals surface area contributed by atoms with E-state index in [9.17, 15) is 9.59 Å². The summed E-state index contributed by atoms with van der Waals surface area (Å²) in [6, 6.07) is 0. The number of carbonyl (C=O) groups is 2. The van der Waals surface area contributed by atoms with Crippen LogP contribution < -0.4 is 0 Å². The van der Waals surface area contributed by atoms with Gasteiger partial charge in [-0.2, -0.15) is 0 Å². The minimum absolute atomic E-state index is 0.0817. The lowest BCUT2D eigenvalue weighted by Gasteiger charge is -2.27. The third kappa shape index (κ3) is 3.94. The molecule has 116 valence electrons. The summed E-state index contributed by atoms with van der Waals surface area (Å²) in [5.74, 6) is 0.583. The molecule has 4 unspecified atom stereocenters. The fourth-order valence-corrected chi connectivity index (χ4v) is 3.09. The van der Waals surface area contributed by atoms with Crippen LogP contribution in [0.15, 0.2) is 12.2 Å². The van der Waals surface area contributed by atoms with Crippen LogP contribution in [0.4, 0.5) is 0 Å². The predicted octanol–water partition coefficient (Wildman–Crippen LogP) is 3.54. The molecule has 1 fully saturated rings. The van der Waals surface area contributed by atoms with Crippen molar-refractivity contribution in [2.75, 3.05) is 13.6 Å². The molecule has 2 aliphatic carbocycles. The second-order valence-corrected chi connectivity index (χ2v) is 4.95. The molecule has 3 heteroatoms. The van der Waals surface area contributed by atoms with Crippen molar-refractivity contribution >= 4 is 12.2 Å². The number of hydrogen-bond acceptors (Lipinski definition) is 2. The molecule has 0 heterocycles. The Bertz CT molecular complexity index is 325. The van der Waals surface area contributed by atoms with Crippen LogP contribution in [0.2, 0.25) is 0 Å². The van der Waals surface area contributed by atoms with Crippen LogP contribution in [0.3, 0.4) is 0 Å². The lowest BCUT2D eigenvalue weighted by atomic mass is 9.83. The Balaban J connectivity index is 0.000000829. The molecule has 20 heavy (non-hydrogen) atoms. The van der Waals surface area contributed by atoms with Crippen LogP contribution in [0.5, 0.6) is 0 Å². The second kappa shape index (κ2) is 9.73. The number of nitrogens with zero attached hydrogens (tertiary/aromatic N) is 1. The molecule has 0 aliphatic heterocycles. The molecule has 0 spiro atoms. The Kier molecular flexibility index (Phi) is 9.19. The fourth-order valence-electron chi connectivity index (χ4n) is 3.09. The topological polar surface area (TPSA) is 37.4 Å². The molecular weight excluding hydrogens is 250 g/mol. The summed E-state index contributed by atoms with van der Waals surface area (Å²) in [7, 11) is 1.84. The molecular formula is C17H31NO2. The Morgan fingerprint density at radius 3 is 2.25 bits per heavy atom. The van der Waals surface area contributed by atoms with Gasteiger partial charge in [0.25, 0.3) is 0 Å². The molecule has 0 radical (unpaired) electrons. The molecule has 0 aromatic carbocycles. The number of fused-ring (bicyclic) bond motifs is 2. The van der Waals surface area contributed by atoms with Gasteiger partial charge in [0.1, 0.15) is 6.29 Å². The summed E-state index contributed by atoms with van der Waals surface area (Å²) in [6.45, 7) is 10.8. The molecule has 2 aliphatic rings. The summed E-state index contributed by atoms with van der Waals surface area (Å²) in [4.78, 5) is 25.1. The van der Waals surface area contributed by atoms with Crippen molar-refractivity contribution in [3.63, 3.8) is 0 Å².